The van der Waals surface area contributed by atoms with Crippen molar-refractivity contribution >= 4 is 43.2 Å². The van der Waals surface area contributed by atoms with Crippen LogP contribution < -0.4 is 19.1 Å². The Balaban J connectivity index is 2.08. The second-order valence-corrected chi connectivity index (χ2v) is 12.1. The van der Waals surface area contributed by atoms with Gasteiger partial charge in [0.1, 0.15) is 24.1 Å². The summed E-state index contributed by atoms with van der Waals surface area (Å²) in [5, 5.41) is 2.98. The van der Waals surface area contributed by atoms with Gasteiger partial charge in [0.25, 0.3) is 0 Å². The van der Waals surface area contributed by atoms with Crippen molar-refractivity contribution in [1.29, 1.82) is 0 Å². The van der Waals surface area contributed by atoms with Crippen LogP contribution in [0.15, 0.2) is 47.4 Å². The van der Waals surface area contributed by atoms with Gasteiger partial charge in [-0.1, -0.05) is 18.5 Å². The average molecular weight is 548 g/mol. The molecule has 2 aromatic rings. The Labute approximate surface area is 211 Å². The number of nitrogens with one attached hydrogen (secondary N) is 1. The molecule has 1 N–H and O–H groups in total. The highest BCUT2D eigenvalue weighted by atomic mass is 35.5. The first-order valence-electron chi connectivity index (χ1n) is 10.6. The Bertz CT molecular complexity index is 1230. The number of nitrogens with zero attached hydrogens (tertiary/aromatic N) is 2. The third-order valence-electron chi connectivity index (χ3n) is 4.98. The molecule has 0 saturated carbocycles. The zero-order valence-corrected chi connectivity index (χ0v) is 22.6. The van der Waals surface area contributed by atoms with Gasteiger partial charge in [-0.25, -0.2) is 21.1 Å². The van der Waals surface area contributed by atoms with Gasteiger partial charge in [-0.15, -0.1) is 0 Å². The number of benzene rings is 2. The molecule has 0 spiro atoms. The molecule has 0 aliphatic carbocycles. The van der Waals surface area contributed by atoms with Crippen LogP contribution in [0, 0.1) is 0 Å². The van der Waals surface area contributed by atoms with E-state index in [1.807, 2.05) is 0 Å². The molecule has 0 saturated heterocycles. The maximum absolute atomic E-state index is 12.9. The Kier molecular flexibility index (Phi) is 9.78. The van der Waals surface area contributed by atoms with E-state index in [2.05, 4.69) is 5.32 Å². The average Bonchev–Trinajstić information content (AvgIpc) is 2.79. The van der Waals surface area contributed by atoms with Crippen molar-refractivity contribution in [2.75, 3.05) is 44.9 Å². The van der Waals surface area contributed by atoms with Crippen molar-refractivity contribution in [3.63, 3.8) is 0 Å². The molecule has 0 fully saturated rings. The van der Waals surface area contributed by atoms with E-state index >= 15 is 0 Å². The molecule has 0 radical (unpaired) electrons. The lowest BCUT2D eigenvalue weighted by molar-refractivity contribution is -0.122. The second kappa shape index (κ2) is 11.9. The Hall–Kier alpha value is -2.54. The molecule has 0 unspecified atom stereocenters. The van der Waals surface area contributed by atoms with E-state index in [4.69, 9.17) is 21.1 Å². The molecule has 1 atom stereocenters. The number of rotatable bonds is 12. The molecule has 10 nitrogen and oxygen atoms in total. The smallest absolute Gasteiger partial charge is 0.244 e. The summed E-state index contributed by atoms with van der Waals surface area (Å²) in [5.41, 5.74) is 0.161. The topological polar surface area (TPSA) is 122 Å². The number of hydrogen-bond donors (Lipinski definition) is 1. The minimum absolute atomic E-state index is 0.0846. The van der Waals surface area contributed by atoms with Gasteiger partial charge in [0.15, 0.2) is 0 Å². The maximum atomic E-state index is 12.9. The fourth-order valence-corrected chi connectivity index (χ4v) is 5.53. The molecule has 0 bridgehead atoms. The number of carbonyl (C=O) groups is 1. The lowest BCUT2D eigenvalue weighted by atomic mass is 10.2. The van der Waals surface area contributed by atoms with E-state index in [1.54, 1.807) is 13.0 Å². The number of anilines is 1. The van der Waals surface area contributed by atoms with Crippen LogP contribution in [0.1, 0.15) is 13.3 Å². The summed E-state index contributed by atoms with van der Waals surface area (Å²) in [7, 11) is -3.13. The summed E-state index contributed by atoms with van der Waals surface area (Å²) < 4.78 is 62.5. The molecule has 13 heteroatoms. The zero-order chi connectivity index (χ0) is 26.4. The number of carbonyl (C=O) groups excluding carboxylic acids is 1. The van der Waals surface area contributed by atoms with Gasteiger partial charge >= 0.3 is 0 Å². The molecule has 0 heterocycles. The Morgan fingerprint density at radius 2 is 1.71 bits per heavy atom. The van der Waals surface area contributed by atoms with Crippen molar-refractivity contribution in [3.8, 4) is 11.5 Å². The fraction of sp³-hybridized carbons (Fsp3) is 0.409. The van der Waals surface area contributed by atoms with Gasteiger partial charge in [-0.3, -0.25) is 9.10 Å². The number of halogens is 1. The Morgan fingerprint density at radius 1 is 1.09 bits per heavy atom. The van der Waals surface area contributed by atoms with E-state index in [-0.39, 0.29) is 35.9 Å². The van der Waals surface area contributed by atoms with Gasteiger partial charge in [-0.2, -0.15) is 0 Å². The number of methoxy groups -OCH3 is 1. The summed E-state index contributed by atoms with van der Waals surface area (Å²) in [6.45, 7) is 1.87. The van der Waals surface area contributed by atoms with E-state index in [9.17, 15) is 21.6 Å². The summed E-state index contributed by atoms with van der Waals surface area (Å²) in [6.07, 6.45) is 1.20. The largest absolute Gasteiger partial charge is 0.495 e. The summed E-state index contributed by atoms with van der Waals surface area (Å²) in [6, 6.07) is 9.37. The van der Waals surface area contributed by atoms with Crippen molar-refractivity contribution in [3.05, 3.63) is 47.5 Å². The lowest BCUT2D eigenvalue weighted by Gasteiger charge is -2.31. The van der Waals surface area contributed by atoms with E-state index in [0.717, 1.165) is 14.9 Å². The van der Waals surface area contributed by atoms with Gasteiger partial charge in [-0.05, 0) is 48.9 Å². The quantitative estimate of drug-likeness (QED) is 0.405. The SMILES string of the molecule is CC[C@@H](C(=O)NCCOc1ccc(S(=O)(=O)N(C)C)cc1)N(c1cc(Cl)ccc1OC)S(C)(=O)=O. The van der Waals surface area contributed by atoms with Crippen LogP contribution in [0.5, 0.6) is 11.5 Å². The molecule has 2 aromatic carbocycles. The normalized spacial score (nSPS) is 12.8. The fourth-order valence-electron chi connectivity index (χ4n) is 3.25. The highest BCUT2D eigenvalue weighted by Crippen LogP contribution is 2.34. The third kappa shape index (κ3) is 7.23. The number of amides is 1. The van der Waals surface area contributed by atoms with E-state index < -0.39 is 32.0 Å². The monoisotopic (exact) mass is 547 g/mol. The first-order chi connectivity index (χ1) is 16.3. The standard InChI is InChI=1S/C22H30ClN3O7S2/c1-6-19(26(34(5,28)29)20-15-16(23)7-12-21(20)32-4)22(27)24-13-14-33-17-8-10-18(11-9-17)35(30,31)25(2)3/h7-12,15,19H,6,13-14H2,1-5H3,(H,24,27)/t19-/m0/s1. The summed E-state index contributed by atoms with van der Waals surface area (Å²) in [5.74, 6) is 0.163. The number of hydrogen-bond acceptors (Lipinski definition) is 7. The Morgan fingerprint density at radius 3 is 2.23 bits per heavy atom. The molecule has 0 aliphatic rings. The minimum Gasteiger partial charge on any atom is -0.495 e. The van der Waals surface area contributed by atoms with Gasteiger partial charge in [0, 0.05) is 19.1 Å². The number of ether oxygens (including phenoxy) is 2. The molecule has 0 aliphatic heterocycles. The first-order valence-corrected chi connectivity index (χ1v) is 14.3. The lowest BCUT2D eigenvalue weighted by Crippen LogP contribution is -2.50. The summed E-state index contributed by atoms with van der Waals surface area (Å²) in [4.78, 5) is 13.1. The van der Waals surface area contributed by atoms with Gasteiger partial charge < -0.3 is 14.8 Å². The van der Waals surface area contributed by atoms with Crippen LogP contribution in [0.4, 0.5) is 5.69 Å². The third-order valence-corrected chi connectivity index (χ3v) is 8.21. The van der Waals surface area contributed by atoms with Crippen molar-refractivity contribution in [1.82, 2.24) is 9.62 Å². The van der Waals surface area contributed by atoms with Crippen LogP contribution in [-0.2, 0) is 24.8 Å². The highest BCUT2D eigenvalue weighted by molar-refractivity contribution is 7.92. The molecular weight excluding hydrogens is 518 g/mol. The summed E-state index contributed by atoms with van der Waals surface area (Å²) >= 11 is 6.08. The van der Waals surface area contributed by atoms with Crippen molar-refractivity contribution in [2.45, 2.75) is 24.3 Å². The predicted octanol–water partition coefficient (Wildman–Crippen LogP) is 2.34. The van der Waals surface area contributed by atoms with E-state index in [0.29, 0.717) is 10.8 Å². The first kappa shape index (κ1) is 28.7. The van der Waals surface area contributed by atoms with Crippen LogP contribution in [0.3, 0.4) is 0 Å². The molecule has 2 rings (SSSR count). The van der Waals surface area contributed by atoms with Crippen LogP contribution >= 0.6 is 11.6 Å². The van der Waals surface area contributed by atoms with Crippen molar-refractivity contribution < 1.29 is 31.1 Å². The molecular formula is C22H30ClN3O7S2. The number of sulfonamides is 2. The van der Waals surface area contributed by atoms with Crippen molar-refractivity contribution in [2.24, 2.45) is 0 Å². The zero-order valence-electron chi connectivity index (χ0n) is 20.2. The molecule has 35 heavy (non-hydrogen) atoms. The van der Waals surface area contributed by atoms with E-state index in [1.165, 1.54) is 57.6 Å². The van der Waals surface area contributed by atoms with Gasteiger partial charge in [0.05, 0.1) is 30.5 Å². The molecule has 1 amide bonds. The maximum Gasteiger partial charge on any atom is 0.244 e. The highest BCUT2D eigenvalue weighted by Gasteiger charge is 2.33. The van der Waals surface area contributed by atoms with Crippen LogP contribution in [0.25, 0.3) is 0 Å². The second-order valence-electron chi connectivity index (χ2n) is 7.70. The molecule has 194 valence electrons. The van der Waals surface area contributed by atoms with Crippen LogP contribution in [0.2, 0.25) is 5.02 Å². The predicted molar refractivity (Wildman–Crippen MR) is 135 cm³/mol. The van der Waals surface area contributed by atoms with Gasteiger partial charge in [0.2, 0.25) is 26.0 Å². The molecule has 0 aromatic heterocycles. The van der Waals surface area contributed by atoms with Crippen LogP contribution in [-0.4, -0.2) is 73.7 Å². The minimum atomic E-state index is -3.87.